The van der Waals surface area contributed by atoms with Gasteiger partial charge in [0.2, 0.25) is 0 Å². The number of aryl methyl sites for hydroxylation is 1. The highest BCUT2D eigenvalue weighted by Crippen LogP contribution is 2.24. The zero-order valence-corrected chi connectivity index (χ0v) is 10.5. The van der Waals surface area contributed by atoms with E-state index in [1.165, 1.54) is 0 Å². The van der Waals surface area contributed by atoms with Gasteiger partial charge in [-0.3, -0.25) is 0 Å². The lowest BCUT2D eigenvalue weighted by atomic mass is 9.76. The van der Waals surface area contributed by atoms with Gasteiger partial charge in [0.05, 0.1) is 0 Å². The molecule has 0 atom stereocenters. The van der Waals surface area contributed by atoms with Crippen LogP contribution < -0.4 is 5.46 Å². The molecule has 0 unspecified atom stereocenters. The van der Waals surface area contributed by atoms with Gasteiger partial charge < -0.3 is 10.0 Å². The average molecular weight is 308 g/mol. The van der Waals surface area contributed by atoms with Crippen LogP contribution in [-0.2, 0) is 0 Å². The Morgan fingerprint density at radius 3 is 2.23 bits per heavy atom. The fourth-order valence-corrected chi connectivity index (χ4v) is 2.71. The van der Waals surface area contributed by atoms with Crippen molar-refractivity contribution in [2.24, 2.45) is 0 Å². The van der Waals surface area contributed by atoms with Crippen LogP contribution in [-0.4, -0.2) is 17.2 Å². The van der Waals surface area contributed by atoms with E-state index in [0.29, 0.717) is 5.46 Å². The average Bonchev–Trinajstić information content (AvgIpc) is 1.99. The van der Waals surface area contributed by atoms with Crippen molar-refractivity contribution in [2.75, 3.05) is 0 Å². The summed E-state index contributed by atoms with van der Waals surface area (Å²) in [5.41, 5.74) is 2.34. The van der Waals surface area contributed by atoms with E-state index in [0.717, 1.165) is 20.1 Å². The second-order valence-corrected chi connectivity index (χ2v) is 4.55. The minimum atomic E-state index is -1.43. The molecule has 0 aliphatic heterocycles. The summed E-state index contributed by atoms with van der Waals surface area (Å²) in [6, 6.07) is 1.87. The molecule has 5 heteroatoms. The predicted octanol–water partition coefficient (Wildman–Crippen LogP) is 1.51. The Bertz CT molecular complexity index is 339. The largest absolute Gasteiger partial charge is 0.489 e. The molecule has 0 amide bonds. The molecular weight excluding hydrogens is 299 g/mol. The second kappa shape index (κ2) is 4.13. The summed E-state index contributed by atoms with van der Waals surface area (Å²) in [6.45, 7) is 3.74. The monoisotopic (exact) mass is 306 g/mol. The van der Waals surface area contributed by atoms with Gasteiger partial charge >= 0.3 is 7.12 Å². The normalized spacial score (nSPS) is 10.3. The second-order valence-electron chi connectivity index (χ2n) is 2.90. The predicted molar refractivity (Wildman–Crippen MR) is 61.1 cm³/mol. The first-order chi connectivity index (χ1) is 5.95. The first-order valence-electron chi connectivity index (χ1n) is 3.76. The highest BCUT2D eigenvalue weighted by atomic mass is 79.9. The van der Waals surface area contributed by atoms with Gasteiger partial charge in [-0.1, -0.05) is 31.9 Å². The van der Waals surface area contributed by atoms with E-state index in [1.54, 1.807) is 0 Å². The maximum Gasteiger partial charge on any atom is 0.489 e. The van der Waals surface area contributed by atoms with Crippen molar-refractivity contribution in [3.63, 3.8) is 0 Å². The summed E-state index contributed by atoms with van der Waals surface area (Å²) in [5, 5.41) is 18.2. The molecule has 0 bridgehead atoms. The Balaban J connectivity index is 3.44. The zero-order valence-electron chi connectivity index (χ0n) is 7.31. The molecule has 0 fully saturated rings. The summed E-state index contributed by atoms with van der Waals surface area (Å²) < 4.78 is 1.70. The number of hydrogen-bond acceptors (Lipinski definition) is 2. The van der Waals surface area contributed by atoms with Crippen LogP contribution in [0.1, 0.15) is 11.1 Å². The smallest absolute Gasteiger partial charge is 0.423 e. The van der Waals surface area contributed by atoms with Crippen LogP contribution in [0.2, 0.25) is 0 Å². The molecule has 0 heterocycles. The van der Waals surface area contributed by atoms with E-state index in [-0.39, 0.29) is 0 Å². The van der Waals surface area contributed by atoms with E-state index in [2.05, 4.69) is 31.9 Å². The third-order valence-electron chi connectivity index (χ3n) is 1.95. The zero-order chi connectivity index (χ0) is 10.2. The van der Waals surface area contributed by atoms with Gasteiger partial charge in [0.1, 0.15) is 0 Å². The highest BCUT2D eigenvalue weighted by molar-refractivity contribution is 9.11. The van der Waals surface area contributed by atoms with Crippen LogP contribution in [0.25, 0.3) is 0 Å². The fourth-order valence-electron chi connectivity index (χ4n) is 1.17. The molecule has 13 heavy (non-hydrogen) atoms. The van der Waals surface area contributed by atoms with E-state index >= 15 is 0 Å². The molecule has 0 aliphatic carbocycles. The first kappa shape index (κ1) is 11.2. The minimum Gasteiger partial charge on any atom is -0.423 e. The molecule has 70 valence electrons. The summed E-state index contributed by atoms with van der Waals surface area (Å²) in [4.78, 5) is 0. The third kappa shape index (κ3) is 2.15. The molecule has 0 saturated heterocycles. The van der Waals surface area contributed by atoms with Gasteiger partial charge in [-0.25, -0.2) is 0 Å². The Kier molecular flexibility index (Phi) is 3.57. The van der Waals surface area contributed by atoms with Crippen molar-refractivity contribution in [2.45, 2.75) is 13.8 Å². The van der Waals surface area contributed by atoms with Gasteiger partial charge in [-0.05, 0) is 36.5 Å². The topological polar surface area (TPSA) is 40.5 Å². The molecule has 2 nitrogen and oxygen atoms in total. The molecule has 0 aromatic heterocycles. The summed E-state index contributed by atoms with van der Waals surface area (Å²) in [6.07, 6.45) is 0. The van der Waals surface area contributed by atoms with Crippen molar-refractivity contribution >= 4 is 44.4 Å². The standard InChI is InChI=1S/C8H9BBr2O2/c1-4-3-6(10)5(2)8(11)7(4)9(12)13/h3,12-13H,1-2H3. The molecule has 1 aromatic carbocycles. The van der Waals surface area contributed by atoms with Crippen LogP contribution in [0, 0.1) is 13.8 Å². The quantitative estimate of drug-likeness (QED) is 0.772. The lowest BCUT2D eigenvalue weighted by molar-refractivity contribution is 0.425. The first-order valence-corrected chi connectivity index (χ1v) is 5.35. The Hall–Kier alpha value is 0.165. The SMILES string of the molecule is Cc1cc(Br)c(C)c(Br)c1B(O)O. The molecular formula is C8H9BBr2O2. The van der Waals surface area contributed by atoms with Gasteiger partial charge in [0.15, 0.2) is 0 Å². The summed E-state index contributed by atoms with van der Waals surface area (Å²) in [5.74, 6) is 0. The highest BCUT2D eigenvalue weighted by Gasteiger charge is 2.20. The molecule has 0 radical (unpaired) electrons. The van der Waals surface area contributed by atoms with E-state index < -0.39 is 7.12 Å². The van der Waals surface area contributed by atoms with Crippen LogP contribution in [0.3, 0.4) is 0 Å². The van der Waals surface area contributed by atoms with Crippen LogP contribution >= 0.6 is 31.9 Å². The van der Waals surface area contributed by atoms with Crippen LogP contribution in [0.4, 0.5) is 0 Å². The lowest BCUT2D eigenvalue weighted by Gasteiger charge is -2.11. The fraction of sp³-hybridized carbons (Fsp3) is 0.250. The van der Waals surface area contributed by atoms with Crippen molar-refractivity contribution in [3.05, 3.63) is 26.1 Å². The van der Waals surface area contributed by atoms with E-state index in [9.17, 15) is 0 Å². The maximum atomic E-state index is 9.11. The maximum absolute atomic E-state index is 9.11. The number of rotatable bonds is 1. The van der Waals surface area contributed by atoms with Crippen molar-refractivity contribution < 1.29 is 10.0 Å². The molecule has 1 rings (SSSR count). The minimum absolute atomic E-state index is 0.528. The molecule has 0 spiro atoms. The van der Waals surface area contributed by atoms with Gasteiger partial charge in [-0.2, -0.15) is 0 Å². The Labute approximate surface area is 94.4 Å². The number of benzene rings is 1. The molecule has 0 saturated carbocycles. The number of hydrogen-bond donors (Lipinski definition) is 2. The Morgan fingerprint density at radius 1 is 1.23 bits per heavy atom. The van der Waals surface area contributed by atoms with Crippen molar-refractivity contribution in [1.29, 1.82) is 0 Å². The van der Waals surface area contributed by atoms with E-state index in [4.69, 9.17) is 10.0 Å². The van der Waals surface area contributed by atoms with E-state index in [1.807, 2.05) is 19.9 Å². The summed E-state index contributed by atoms with van der Waals surface area (Å²) in [7, 11) is -1.43. The lowest BCUT2D eigenvalue weighted by Crippen LogP contribution is -2.33. The summed E-state index contributed by atoms with van der Waals surface area (Å²) >= 11 is 6.72. The van der Waals surface area contributed by atoms with Gasteiger partial charge in [0.25, 0.3) is 0 Å². The molecule has 2 N–H and O–H groups in total. The van der Waals surface area contributed by atoms with Gasteiger partial charge in [-0.15, -0.1) is 0 Å². The van der Waals surface area contributed by atoms with Gasteiger partial charge in [0, 0.05) is 8.95 Å². The Morgan fingerprint density at radius 2 is 1.77 bits per heavy atom. The van der Waals surface area contributed by atoms with Crippen LogP contribution in [0.5, 0.6) is 0 Å². The third-order valence-corrected chi connectivity index (χ3v) is 3.80. The van der Waals surface area contributed by atoms with Crippen LogP contribution in [0.15, 0.2) is 15.0 Å². The molecule has 1 aromatic rings. The van der Waals surface area contributed by atoms with Crippen molar-refractivity contribution in [3.8, 4) is 0 Å². The molecule has 0 aliphatic rings. The van der Waals surface area contributed by atoms with Crippen molar-refractivity contribution in [1.82, 2.24) is 0 Å². The number of halogens is 2.